The molecule has 0 spiro atoms. The summed E-state index contributed by atoms with van der Waals surface area (Å²) < 4.78 is 26.7. The lowest BCUT2D eigenvalue weighted by Gasteiger charge is -2.27. The number of hydrogen-bond acceptors (Lipinski definition) is 2. The molecule has 0 saturated carbocycles. The fourth-order valence-corrected chi connectivity index (χ4v) is 4.30. The molecule has 1 unspecified atom stereocenters. The average molecular weight is 375 g/mol. The Morgan fingerprint density at radius 3 is 2.77 bits per heavy atom. The Balaban J connectivity index is 1.96. The number of nitrogens with zero attached hydrogens (tertiary/aromatic N) is 1. The summed E-state index contributed by atoms with van der Waals surface area (Å²) in [5, 5.41) is 3.22. The van der Waals surface area contributed by atoms with Gasteiger partial charge in [-0.05, 0) is 53.5 Å². The van der Waals surface area contributed by atoms with Gasteiger partial charge in [0.05, 0.1) is 0 Å². The van der Waals surface area contributed by atoms with Gasteiger partial charge in [0.15, 0.2) is 0 Å². The number of alkyl halides is 2. The fourth-order valence-electron chi connectivity index (χ4n) is 4.03. The van der Waals surface area contributed by atoms with Crippen molar-refractivity contribution in [2.45, 2.75) is 52.4 Å². The first-order valence-corrected chi connectivity index (χ1v) is 9.35. The van der Waals surface area contributed by atoms with Gasteiger partial charge in [0, 0.05) is 17.4 Å². The molecule has 2 nitrogen and oxygen atoms in total. The van der Waals surface area contributed by atoms with Crippen molar-refractivity contribution in [2.24, 2.45) is 5.92 Å². The van der Waals surface area contributed by atoms with E-state index in [-0.39, 0.29) is 11.1 Å². The van der Waals surface area contributed by atoms with E-state index >= 15 is 0 Å². The standard InChI is InChI=1S/C21H24F2N2S/c1-5-13-10-14-16(21(13,3)4)7-6-8-17(14)25-20(26)15-9-12(2)11-24-18(15)19(22)23/h6-9,11,13,19H,5,10H2,1-4H3,(H,25,26). The molecule has 0 fully saturated rings. The minimum Gasteiger partial charge on any atom is -0.346 e. The number of anilines is 1. The zero-order valence-electron chi connectivity index (χ0n) is 15.6. The normalized spacial score (nSPS) is 18.0. The van der Waals surface area contributed by atoms with Gasteiger partial charge in [-0.25, -0.2) is 8.78 Å². The maximum absolute atomic E-state index is 13.3. The molecule has 138 valence electrons. The molecule has 1 aliphatic carbocycles. The molecule has 0 aliphatic heterocycles. The van der Waals surface area contributed by atoms with E-state index in [0.717, 1.165) is 24.1 Å². The lowest BCUT2D eigenvalue weighted by atomic mass is 9.77. The van der Waals surface area contributed by atoms with Crippen LogP contribution < -0.4 is 5.32 Å². The Morgan fingerprint density at radius 1 is 1.38 bits per heavy atom. The second-order valence-electron chi connectivity index (χ2n) is 7.56. The van der Waals surface area contributed by atoms with Crippen LogP contribution in [0.15, 0.2) is 30.5 Å². The summed E-state index contributed by atoms with van der Waals surface area (Å²) in [6.07, 6.45) is 0.860. The SMILES string of the molecule is CCC1Cc2c(NC(=S)c3cc(C)cnc3C(F)F)cccc2C1(C)C. The van der Waals surface area contributed by atoms with Crippen LogP contribution in [0.1, 0.15) is 61.6 Å². The summed E-state index contributed by atoms with van der Waals surface area (Å²) in [7, 11) is 0. The van der Waals surface area contributed by atoms with E-state index in [0.29, 0.717) is 16.5 Å². The Morgan fingerprint density at radius 2 is 2.12 bits per heavy atom. The molecule has 1 N–H and O–H groups in total. The number of pyridine rings is 1. The number of aromatic nitrogens is 1. The smallest absolute Gasteiger partial charge is 0.281 e. The molecule has 26 heavy (non-hydrogen) atoms. The molecule has 0 bridgehead atoms. The maximum Gasteiger partial charge on any atom is 0.281 e. The largest absolute Gasteiger partial charge is 0.346 e. The number of rotatable bonds is 4. The van der Waals surface area contributed by atoms with Crippen molar-refractivity contribution < 1.29 is 8.78 Å². The summed E-state index contributed by atoms with van der Waals surface area (Å²) in [5.41, 5.74) is 4.41. The van der Waals surface area contributed by atoms with Gasteiger partial charge in [0.25, 0.3) is 6.43 Å². The second-order valence-corrected chi connectivity index (χ2v) is 7.97. The fraction of sp³-hybridized carbons (Fsp3) is 0.429. The van der Waals surface area contributed by atoms with Crippen molar-refractivity contribution in [1.29, 1.82) is 0 Å². The molecule has 5 heteroatoms. The van der Waals surface area contributed by atoms with Crippen molar-refractivity contribution in [3.63, 3.8) is 0 Å². The molecule has 0 radical (unpaired) electrons. The van der Waals surface area contributed by atoms with Gasteiger partial charge in [-0.1, -0.05) is 51.5 Å². The van der Waals surface area contributed by atoms with Crippen LogP contribution >= 0.6 is 12.2 Å². The number of aryl methyl sites for hydroxylation is 1. The molecular formula is C21H24F2N2S. The second kappa shape index (κ2) is 7.03. The van der Waals surface area contributed by atoms with E-state index in [2.05, 4.69) is 37.1 Å². The van der Waals surface area contributed by atoms with Crippen LogP contribution in [0, 0.1) is 12.8 Å². The summed E-state index contributed by atoms with van der Waals surface area (Å²) in [6.45, 7) is 8.58. The monoisotopic (exact) mass is 374 g/mol. The number of nitrogens with one attached hydrogen (secondary N) is 1. The molecule has 1 aromatic carbocycles. The van der Waals surface area contributed by atoms with Crippen molar-refractivity contribution in [3.8, 4) is 0 Å². The van der Waals surface area contributed by atoms with Gasteiger partial charge in [0.1, 0.15) is 10.7 Å². The summed E-state index contributed by atoms with van der Waals surface area (Å²) >= 11 is 5.47. The minimum atomic E-state index is -2.66. The molecule has 1 aliphatic rings. The van der Waals surface area contributed by atoms with E-state index < -0.39 is 6.43 Å². The maximum atomic E-state index is 13.3. The Kier molecular flexibility index (Phi) is 5.11. The van der Waals surface area contributed by atoms with Crippen molar-refractivity contribution in [3.05, 3.63) is 58.4 Å². The Bertz CT molecular complexity index is 846. The van der Waals surface area contributed by atoms with Gasteiger partial charge in [0.2, 0.25) is 0 Å². The van der Waals surface area contributed by atoms with Gasteiger partial charge >= 0.3 is 0 Å². The van der Waals surface area contributed by atoms with Crippen LogP contribution in [0.3, 0.4) is 0 Å². The van der Waals surface area contributed by atoms with Crippen molar-refractivity contribution in [2.75, 3.05) is 5.32 Å². The highest BCUT2D eigenvalue weighted by atomic mass is 32.1. The number of thiocarbonyl (C=S) groups is 1. The Labute approximate surface area is 159 Å². The summed E-state index contributed by atoms with van der Waals surface area (Å²) in [4.78, 5) is 4.18. The van der Waals surface area contributed by atoms with Crippen LogP contribution in [-0.4, -0.2) is 9.97 Å². The lowest BCUT2D eigenvalue weighted by Crippen LogP contribution is -2.23. The molecular weight excluding hydrogens is 350 g/mol. The van der Waals surface area contributed by atoms with Gasteiger partial charge < -0.3 is 5.32 Å². The first-order chi connectivity index (χ1) is 12.3. The van der Waals surface area contributed by atoms with E-state index in [4.69, 9.17) is 12.2 Å². The first-order valence-electron chi connectivity index (χ1n) is 8.94. The summed E-state index contributed by atoms with van der Waals surface area (Å²) in [6, 6.07) is 7.82. The highest BCUT2D eigenvalue weighted by molar-refractivity contribution is 7.81. The third-order valence-electron chi connectivity index (χ3n) is 5.59. The van der Waals surface area contributed by atoms with Crippen molar-refractivity contribution >= 4 is 22.9 Å². The van der Waals surface area contributed by atoms with Crippen LogP contribution in [-0.2, 0) is 11.8 Å². The van der Waals surface area contributed by atoms with Crippen LogP contribution in [0.2, 0.25) is 0 Å². The number of halogens is 2. The first kappa shape index (κ1) is 18.9. The van der Waals surface area contributed by atoms with E-state index in [1.807, 2.05) is 19.1 Å². The predicted molar refractivity (Wildman–Crippen MR) is 106 cm³/mol. The lowest BCUT2D eigenvalue weighted by molar-refractivity contribution is 0.146. The predicted octanol–water partition coefficient (Wildman–Crippen LogP) is 5.98. The van der Waals surface area contributed by atoms with Gasteiger partial charge in [-0.2, -0.15) is 0 Å². The quantitative estimate of drug-likeness (QED) is 0.667. The highest BCUT2D eigenvalue weighted by Gasteiger charge is 2.39. The zero-order valence-corrected chi connectivity index (χ0v) is 16.4. The number of hydrogen-bond donors (Lipinski definition) is 1. The third kappa shape index (κ3) is 3.25. The number of fused-ring (bicyclic) bond motifs is 1. The Hall–Kier alpha value is -1.88. The summed E-state index contributed by atoms with van der Waals surface area (Å²) in [5.74, 6) is 0.561. The van der Waals surface area contributed by atoms with E-state index in [1.54, 1.807) is 6.07 Å². The third-order valence-corrected chi connectivity index (χ3v) is 5.91. The van der Waals surface area contributed by atoms with Crippen LogP contribution in [0.5, 0.6) is 0 Å². The minimum absolute atomic E-state index is 0.0996. The zero-order chi connectivity index (χ0) is 19.1. The molecule has 1 heterocycles. The average Bonchev–Trinajstić information content (AvgIpc) is 2.86. The van der Waals surface area contributed by atoms with Gasteiger partial charge in [-0.15, -0.1) is 0 Å². The molecule has 0 amide bonds. The topological polar surface area (TPSA) is 24.9 Å². The highest BCUT2D eigenvalue weighted by Crippen LogP contribution is 2.46. The molecule has 3 rings (SSSR count). The molecule has 1 aromatic heterocycles. The van der Waals surface area contributed by atoms with E-state index in [9.17, 15) is 8.78 Å². The van der Waals surface area contributed by atoms with Gasteiger partial charge in [-0.3, -0.25) is 4.98 Å². The molecule has 1 atom stereocenters. The molecule has 0 saturated heterocycles. The molecule has 2 aromatic rings. The number of benzene rings is 1. The van der Waals surface area contributed by atoms with E-state index in [1.165, 1.54) is 17.3 Å². The van der Waals surface area contributed by atoms with Crippen LogP contribution in [0.4, 0.5) is 14.5 Å². The van der Waals surface area contributed by atoms with Crippen LogP contribution in [0.25, 0.3) is 0 Å². The van der Waals surface area contributed by atoms with Crippen molar-refractivity contribution in [1.82, 2.24) is 4.98 Å².